The fraction of sp³-hybridized carbons (Fsp3) is 0.111. The minimum Gasteiger partial charge on any atom is -0.363 e. The van der Waals surface area contributed by atoms with Crippen LogP contribution in [0.3, 0.4) is 0 Å². The number of carbonyl (C=O) groups excluding carboxylic acids is 4. The summed E-state index contributed by atoms with van der Waals surface area (Å²) < 4.78 is 1.43. The molecule has 0 fully saturated rings. The van der Waals surface area contributed by atoms with Crippen molar-refractivity contribution >= 4 is 23.4 Å². The molecule has 1 aliphatic rings. The van der Waals surface area contributed by atoms with Crippen LogP contribution in [0.1, 0.15) is 16.9 Å². The van der Waals surface area contributed by atoms with Crippen molar-refractivity contribution in [3.05, 3.63) is 66.4 Å². The molecule has 0 spiro atoms. The van der Waals surface area contributed by atoms with Gasteiger partial charge in [0.25, 0.3) is 11.8 Å². The topological polar surface area (TPSA) is 137 Å². The van der Waals surface area contributed by atoms with E-state index in [4.69, 9.17) is 5.73 Å². The molecule has 0 radical (unpaired) electrons. The Morgan fingerprint density at radius 3 is 2.70 bits per heavy atom. The molecule has 3 rings (SSSR count). The van der Waals surface area contributed by atoms with E-state index in [1.165, 1.54) is 35.3 Å². The van der Waals surface area contributed by atoms with Crippen LogP contribution in [0.2, 0.25) is 0 Å². The van der Waals surface area contributed by atoms with Crippen molar-refractivity contribution in [1.82, 2.24) is 19.9 Å². The number of nitrogens with two attached hydrogens (primary N) is 1. The maximum absolute atomic E-state index is 12.7. The highest BCUT2D eigenvalue weighted by Crippen LogP contribution is 2.15. The number of nitrogens with one attached hydrogen (secondary N) is 1. The minimum absolute atomic E-state index is 0.112. The highest BCUT2D eigenvalue weighted by Gasteiger charge is 2.29. The molecule has 3 N–H and O–H groups in total. The summed E-state index contributed by atoms with van der Waals surface area (Å²) in [6, 6.07) is 3.88. The number of amides is 2. The van der Waals surface area contributed by atoms with E-state index in [1.54, 1.807) is 24.4 Å². The van der Waals surface area contributed by atoms with Gasteiger partial charge >= 0.3 is 0 Å². The lowest BCUT2D eigenvalue weighted by Gasteiger charge is -2.17. The number of carbonyl (C=O) groups is 4. The molecule has 27 heavy (non-hydrogen) atoms. The smallest absolute Gasteiger partial charge is 0.287 e. The number of rotatable bonds is 7. The number of ketones is 2. The van der Waals surface area contributed by atoms with E-state index < -0.39 is 23.6 Å². The van der Waals surface area contributed by atoms with E-state index in [9.17, 15) is 19.2 Å². The number of Topliss-reactive ketones (excluding diaryl/α,β-unsaturated/α-hetero) is 1. The molecular formula is C18H15N5O4. The Hall–Kier alpha value is -3.88. The van der Waals surface area contributed by atoms with Gasteiger partial charge in [0.2, 0.25) is 5.78 Å². The molecule has 2 aromatic rings. The van der Waals surface area contributed by atoms with E-state index in [-0.39, 0.29) is 17.9 Å². The Balaban J connectivity index is 1.83. The zero-order valence-corrected chi connectivity index (χ0v) is 14.0. The highest BCUT2D eigenvalue weighted by molar-refractivity contribution is 6.38. The molecular weight excluding hydrogens is 350 g/mol. The van der Waals surface area contributed by atoms with Gasteiger partial charge in [-0.2, -0.15) is 0 Å². The van der Waals surface area contributed by atoms with Gasteiger partial charge in [0.15, 0.2) is 5.78 Å². The van der Waals surface area contributed by atoms with Crippen LogP contribution in [0.15, 0.2) is 60.7 Å². The molecule has 0 saturated heterocycles. The van der Waals surface area contributed by atoms with Crippen LogP contribution in [0.4, 0.5) is 0 Å². The number of pyridine rings is 1. The van der Waals surface area contributed by atoms with Crippen LogP contribution in [0.5, 0.6) is 0 Å². The lowest BCUT2D eigenvalue weighted by Crippen LogP contribution is -2.46. The predicted molar refractivity (Wildman–Crippen MR) is 93.7 cm³/mol. The minimum atomic E-state index is -1.27. The van der Waals surface area contributed by atoms with Crippen LogP contribution < -0.4 is 11.1 Å². The first-order valence-electron chi connectivity index (χ1n) is 7.97. The summed E-state index contributed by atoms with van der Waals surface area (Å²) in [6.07, 6.45) is 8.50. The number of hydrogen-bond acceptors (Lipinski definition) is 6. The van der Waals surface area contributed by atoms with Gasteiger partial charge in [0.05, 0.1) is 6.20 Å². The normalized spacial score (nSPS) is 13.9. The molecule has 9 heteroatoms. The van der Waals surface area contributed by atoms with Gasteiger partial charge in [-0.3, -0.25) is 23.7 Å². The molecule has 0 aromatic carbocycles. The lowest BCUT2D eigenvalue weighted by molar-refractivity contribution is -0.137. The highest BCUT2D eigenvalue weighted by atomic mass is 16.2. The van der Waals surface area contributed by atoms with E-state index in [1.807, 2.05) is 0 Å². The van der Waals surface area contributed by atoms with Crippen molar-refractivity contribution in [2.75, 3.05) is 0 Å². The summed E-state index contributed by atoms with van der Waals surface area (Å²) in [7, 11) is 0. The summed E-state index contributed by atoms with van der Waals surface area (Å²) in [5, 5.41) is 2.46. The van der Waals surface area contributed by atoms with Crippen LogP contribution >= 0.6 is 0 Å². The van der Waals surface area contributed by atoms with Gasteiger partial charge in [-0.05, 0) is 18.2 Å². The zero-order valence-electron chi connectivity index (χ0n) is 14.0. The number of primary amides is 1. The van der Waals surface area contributed by atoms with Crippen molar-refractivity contribution in [3.63, 3.8) is 0 Å². The third-order valence-electron chi connectivity index (χ3n) is 3.92. The maximum Gasteiger partial charge on any atom is 0.287 e. The summed E-state index contributed by atoms with van der Waals surface area (Å²) in [5.41, 5.74) is 5.48. The van der Waals surface area contributed by atoms with Crippen LogP contribution in [-0.4, -0.2) is 44.0 Å². The number of allylic oxidation sites excluding steroid dienone is 3. The Morgan fingerprint density at radius 2 is 2.07 bits per heavy atom. The number of aromatic nitrogens is 3. The molecule has 2 aromatic heterocycles. The van der Waals surface area contributed by atoms with E-state index in [0.29, 0.717) is 11.4 Å². The predicted octanol–water partition coefficient (Wildman–Crippen LogP) is -0.124. The number of nitrogens with zero attached hydrogens (tertiary/aromatic N) is 3. The fourth-order valence-corrected chi connectivity index (χ4v) is 2.58. The first-order chi connectivity index (χ1) is 13.0. The van der Waals surface area contributed by atoms with Gasteiger partial charge in [-0.1, -0.05) is 18.2 Å². The Labute approximate surface area is 153 Å². The van der Waals surface area contributed by atoms with Gasteiger partial charge in [-0.15, -0.1) is 0 Å². The molecule has 2 heterocycles. The molecule has 136 valence electrons. The van der Waals surface area contributed by atoms with Gasteiger partial charge in [-0.25, -0.2) is 9.97 Å². The monoisotopic (exact) mass is 365 g/mol. The third kappa shape index (κ3) is 3.87. The molecule has 9 nitrogen and oxygen atoms in total. The van der Waals surface area contributed by atoms with Crippen molar-refractivity contribution in [2.45, 2.75) is 12.5 Å². The molecule has 0 aliphatic heterocycles. The van der Waals surface area contributed by atoms with Crippen molar-refractivity contribution < 1.29 is 19.2 Å². The van der Waals surface area contributed by atoms with Crippen LogP contribution in [-0.2, 0) is 14.4 Å². The van der Waals surface area contributed by atoms with E-state index >= 15 is 0 Å². The zero-order chi connectivity index (χ0) is 19.4. The third-order valence-corrected chi connectivity index (χ3v) is 3.92. The summed E-state index contributed by atoms with van der Waals surface area (Å²) in [4.78, 5) is 55.9. The molecule has 1 aliphatic carbocycles. The van der Waals surface area contributed by atoms with Gasteiger partial charge in [0, 0.05) is 18.2 Å². The average Bonchev–Trinajstić information content (AvgIpc) is 3.30. The molecule has 1 unspecified atom stereocenters. The standard InChI is InChI=1S/C18H15N5O4/c19-17(26)16(25)12(8-11-4-3-5-14(11)24)22-18(27)13-9-20-10-23(13)15-6-1-2-7-21-15/h1-7,9-10,12H,8H2,(H2,19,26)(H,22,27). The van der Waals surface area contributed by atoms with E-state index in [2.05, 4.69) is 15.3 Å². The maximum atomic E-state index is 12.7. The van der Waals surface area contributed by atoms with Crippen molar-refractivity contribution in [2.24, 2.45) is 5.73 Å². The molecule has 0 bridgehead atoms. The quantitative estimate of drug-likeness (QED) is 0.656. The van der Waals surface area contributed by atoms with Crippen molar-refractivity contribution in [1.29, 1.82) is 0 Å². The SMILES string of the molecule is NC(=O)C(=O)C(CC1=CC=CC1=O)NC(=O)c1cncn1-c1ccccn1. The summed E-state index contributed by atoms with van der Waals surface area (Å²) in [5.74, 6) is -2.68. The summed E-state index contributed by atoms with van der Waals surface area (Å²) in [6.45, 7) is 0. The fourth-order valence-electron chi connectivity index (χ4n) is 2.58. The van der Waals surface area contributed by atoms with Crippen LogP contribution in [0.25, 0.3) is 5.82 Å². The average molecular weight is 365 g/mol. The molecule has 1 atom stereocenters. The number of hydrogen-bond donors (Lipinski definition) is 2. The van der Waals surface area contributed by atoms with Gasteiger partial charge < -0.3 is 11.1 Å². The first-order valence-corrected chi connectivity index (χ1v) is 7.97. The first kappa shape index (κ1) is 17.9. The second-order valence-corrected chi connectivity index (χ2v) is 5.71. The summed E-state index contributed by atoms with van der Waals surface area (Å²) >= 11 is 0. The number of imidazole rings is 1. The van der Waals surface area contributed by atoms with Crippen molar-refractivity contribution in [3.8, 4) is 5.82 Å². The Bertz CT molecular complexity index is 975. The Morgan fingerprint density at radius 1 is 1.26 bits per heavy atom. The Kier molecular flexibility index (Phi) is 5.02. The van der Waals surface area contributed by atoms with Crippen LogP contribution in [0, 0.1) is 0 Å². The second-order valence-electron chi connectivity index (χ2n) is 5.71. The second kappa shape index (κ2) is 7.56. The van der Waals surface area contributed by atoms with Gasteiger partial charge in [0.1, 0.15) is 23.9 Å². The molecule has 0 saturated carbocycles. The van der Waals surface area contributed by atoms with E-state index in [0.717, 1.165) is 0 Å². The largest absolute Gasteiger partial charge is 0.363 e. The molecule has 2 amide bonds. The lowest BCUT2D eigenvalue weighted by atomic mass is 10.0.